The van der Waals surface area contributed by atoms with Crippen LogP contribution in [-0.2, 0) is 0 Å². The van der Waals surface area contributed by atoms with Gasteiger partial charge in [0.25, 0.3) is 0 Å². The molecule has 20 heavy (non-hydrogen) atoms. The van der Waals surface area contributed by atoms with E-state index in [9.17, 15) is 4.39 Å². The molecular weight excluding hydrogens is 255 g/mol. The lowest BCUT2D eigenvalue weighted by Crippen LogP contribution is -1.97. The van der Waals surface area contributed by atoms with Gasteiger partial charge in [0, 0.05) is 17.4 Å². The van der Waals surface area contributed by atoms with Gasteiger partial charge in [0.15, 0.2) is 11.6 Å². The predicted molar refractivity (Wildman–Crippen MR) is 76.7 cm³/mol. The molecule has 0 aliphatic heterocycles. The van der Waals surface area contributed by atoms with Crippen molar-refractivity contribution in [2.45, 2.75) is 13.8 Å². The standard InChI is InChI=1S/C16H15FN2O/c1-3-20-16-7-6-14(9-15(16)17)19-13-5-4-12(10-18)11(2)8-13/h4-9,19H,3H2,1-2H3. The maximum atomic E-state index is 13.7. The maximum Gasteiger partial charge on any atom is 0.167 e. The Morgan fingerprint density at radius 3 is 2.50 bits per heavy atom. The highest BCUT2D eigenvalue weighted by Gasteiger charge is 2.05. The molecule has 4 heteroatoms. The van der Waals surface area contributed by atoms with E-state index in [-0.39, 0.29) is 5.75 Å². The van der Waals surface area contributed by atoms with E-state index in [1.165, 1.54) is 6.07 Å². The second kappa shape index (κ2) is 6.07. The van der Waals surface area contributed by atoms with E-state index in [0.29, 0.717) is 17.9 Å². The minimum Gasteiger partial charge on any atom is -0.491 e. The van der Waals surface area contributed by atoms with Crippen molar-refractivity contribution in [2.75, 3.05) is 11.9 Å². The summed E-state index contributed by atoms with van der Waals surface area (Å²) in [5.74, 6) is -0.156. The van der Waals surface area contributed by atoms with Gasteiger partial charge in [-0.1, -0.05) is 0 Å². The first-order chi connectivity index (χ1) is 9.63. The highest BCUT2D eigenvalue weighted by molar-refractivity contribution is 5.62. The second-order valence-electron chi connectivity index (χ2n) is 4.34. The molecule has 0 fully saturated rings. The molecule has 0 aliphatic rings. The Morgan fingerprint density at radius 1 is 1.20 bits per heavy atom. The summed E-state index contributed by atoms with van der Waals surface area (Å²) in [5, 5.41) is 12.0. The minimum atomic E-state index is -0.401. The summed E-state index contributed by atoms with van der Waals surface area (Å²) >= 11 is 0. The molecule has 0 saturated heterocycles. The smallest absolute Gasteiger partial charge is 0.167 e. The van der Waals surface area contributed by atoms with E-state index in [1.807, 2.05) is 19.9 Å². The summed E-state index contributed by atoms with van der Waals surface area (Å²) in [5.41, 5.74) is 2.96. The van der Waals surface area contributed by atoms with Gasteiger partial charge in [-0.15, -0.1) is 0 Å². The summed E-state index contributed by atoms with van der Waals surface area (Å²) in [6.45, 7) is 4.10. The summed E-state index contributed by atoms with van der Waals surface area (Å²) < 4.78 is 18.9. The molecule has 2 aromatic rings. The Hall–Kier alpha value is -2.54. The van der Waals surface area contributed by atoms with E-state index >= 15 is 0 Å². The zero-order valence-corrected chi connectivity index (χ0v) is 11.4. The molecule has 0 amide bonds. The normalized spacial score (nSPS) is 9.90. The number of benzene rings is 2. The van der Waals surface area contributed by atoms with E-state index in [1.54, 1.807) is 24.3 Å². The van der Waals surface area contributed by atoms with E-state index in [4.69, 9.17) is 10.00 Å². The Labute approximate surface area is 117 Å². The highest BCUT2D eigenvalue weighted by atomic mass is 19.1. The van der Waals surface area contributed by atoms with Crippen molar-refractivity contribution in [2.24, 2.45) is 0 Å². The van der Waals surface area contributed by atoms with Gasteiger partial charge in [0.1, 0.15) is 0 Å². The molecule has 0 unspecified atom stereocenters. The molecule has 1 N–H and O–H groups in total. The van der Waals surface area contributed by atoms with Crippen LogP contribution >= 0.6 is 0 Å². The Bertz CT molecular complexity index is 662. The fourth-order valence-electron chi connectivity index (χ4n) is 1.88. The molecule has 0 atom stereocenters. The second-order valence-corrected chi connectivity index (χ2v) is 4.34. The zero-order chi connectivity index (χ0) is 14.5. The van der Waals surface area contributed by atoms with Crippen LogP contribution in [0.25, 0.3) is 0 Å². The molecule has 2 rings (SSSR count). The van der Waals surface area contributed by atoms with Crippen molar-refractivity contribution in [3.8, 4) is 11.8 Å². The summed E-state index contributed by atoms with van der Waals surface area (Å²) in [7, 11) is 0. The lowest BCUT2D eigenvalue weighted by Gasteiger charge is -2.10. The van der Waals surface area contributed by atoms with Gasteiger partial charge < -0.3 is 10.1 Å². The molecule has 0 spiro atoms. The van der Waals surface area contributed by atoms with Crippen molar-refractivity contribution in [1.29, 1.82) is 5.26 Å². The quantitative estimate of drug-likeness (QED) is 0.907. The highest BCUT2D eigenvalue weighted by Crippen LogP contribution is 2.24. The van der Waals surface area contributed by atoms with Crippen LogP contribution in [0.5, 0.6) is 5.75 Å². The molecule has 0 bridgehead atoms. The van der Waals surface area contributed by atoms with Gasteiger partial charge in [-0.05, 0) is 49.7 Å². The zero-order valence-electron chi connectivity index (χ0n) is 11.4. The summed E-state index contributed by atoms with van der Waals surface area (Å²) in [4.78, 5) is 0. The molecule has 3 nitrogen and oxygen atoms in total. The van der Waals surface area contributed by atoms with Crippen molar-refractivity contribution < 1.29 is 9.13 Å². The number of nitrogens with zero attached hydrogens (tertiary/aromatic N) is 1. The molecule has 0 saturated carbocycles. The van der Waals surface area contributed by atoms with Crippen LogP contribution in [0.15, 0.2) is 36.4 Å². The third-order valence-electron chi connectivity index (χ3n) is 2.87. The molecular formula is C16H15FN2O. The third-order valence-corrected chi connectivity index (χ3v) is 2.87. The van der Waals surface area contributed by atoms with Crippen molar-refractivity contribution in [3.05, 3.63) is 53.3 Å². The van der Waals surface area contributed by atoms with E-state index in [2.05, 4.69) is 11.4 Å². The minimum absolute atomic E-state index is 0.244. The fourth-order valence-corrected chi connectivity index (χ4v) is 1.88. The van der Waals surface area contributed by atoms with Gasteiger partial charge in [-0.25, -0.2) is 4.39 Å². The van der Waals surface area contributed by atoms with Gasteiger partial charge in [-0.3, -0.25) is 0 Å². The Kier molecular flexibility index (Phi) is 4.21. The molecule has 0 heterocycles. The largest absolute Gasteiger partial charge is 0.491 e. The number of ether oxygens (including phenoxy) is 1. The number of aryl methyl sites for hydroxylation is 1. The molecule has 102 valence electrons. The molecule has 2 aromatic carbocycles. The van der Waals surface area contributed by atoms with E-state index in [0.717, 1.165) is 11.3 Å². The first-order valence-corrected chi connectivity index (χ1v) is 6.34. The van der Waals surface area contributed by atoms with Gasteiger partial charge in [-0.2, -0.15) is 5.26 Å². The number of hydrogen-bond acceptors (Lipinski definition) is 3. The van der Waals surface area contributed by atoms with Gasteiger partial charge >= 0.3 is 0 Å². The number of nitriles is 1. The Morgan fingerprint density at radius 2 is 1.90 bits per heavy atom. The Balaban J connectivity index is 2.20. The number of halogens is 1. The SMILES string of the molecule is CCOc1ccc(Nc2ccc(C#N)c(C)c2)cc1F. The van der Waals surface area contributed by atoms with Gasteiger partial charge in [0.2, 0.25) is 0 Å². The van der Waals surface area contributed by atoms with Crippen molar-refractivity contribution in [3.63, 3.8) is 0 Å². The topological polar surface area (TPSA) is 45.0 Å². The van der Waals surface area contributed by atoms with Crippen LogP contribution in [0.2, 0.25) is 0 Å². The van der Waals surface area contributed by atoms with Crippen LogP contribution < -0.4 is 10.1 Å². The average molecular weight is 270 g/mol. The number of anilines is 2. The first kappa shape index (κ1) is 13.9. The molecule has 0 aromatic heterocycles. The van der Waals surface area contributed by atoms with Gasteiger partial charge in [0.05, 0.1) is 18.2 Å². The van der Waals surface area contributed by atoms with E-state index < -0.39 is 5.82 Å². The summed E-state index contributed by atoms with van der Waals surface area (Å²) in [6, 6.07) is 12.2. The van der Waals surface area contributed by atoms with Crippen LogP contribution in [0.3, 0.4) is 0 Å². The predicted octanol–water partition coefficient (Wildman–Crippen LogP) is 4.15. The molecule has 0 aliphatic carbocycles. The lowest BCUT2D eigenvalue weighted by molar-refractivity contribution is 0.321. The molecule has 0 radical (unpaired) electrons. The van der Waals surface area contributed by atoms with Crippen LogP contribution in [0.1, 0.15) is 18.1 Å². The number of nitrogens with one attached hydrogen (secondary N) is 1. The average Bonchev–Trinajstić information content (AvgIpc) is 2.42. The fraction of sp³-hybridized carbons (Fsp3) is 0.188. The van der Waals surface area contributed by atoms with Crippen LogP contribution in [0.4, 0.5) is 15.8 Å². The van der Waals surface area contributed by atoms with Crippen LogP contribution in [0, 0.1) is 24.1 Å². The lowest BCUT2D eigenvalue weighted by atomic mass is 10.1. The van der Waals surface area contributed by atoms with Crippen LogP contribution in [-0.4, -0.2) is 6.61 Å². The number of rotatable bonds is 4. The number of hydrogen-bond donors (Lipinski definition) is 1. The van der Waals surface area contributed by atoms with Crippen molar-refractivity contribution in [1.82, 2.24) is 0 Å². The monoisotopic (exact) mass is 270 g/mol. The maximum absolute atomic E-state index is 13.7. The van der Waals surface area contributed by atoms with Crippen molar-refractivity contribution >= 4 is 11.4 Å². The third kappa shape index (κ3) is 3.07. The summed E-state index contributed by atoms with van der Waals surface area (Å²) in [6.07, 6.45) is 0. The first-order valence-electron chi connectivity index (χ1n) is 6.34.